The molecule has 1 atom stereocenters. The van der Waals surface area contributed by atoms with E-state index in [0.717, 1.165) is 38.4 Å². The number of carbonyl (C=O) groups is 1. The van der Waals surface area contributed by atoms with Crippen molar-refractivity contribution in [1.82, 2.24) is 10.2 Å². The van der Waals surface area contributed by atoms with E-state index in [1.54, 1.807) is 4.90 Å². The molecule has 5 heteroatoms. The lowest BCUT2D eigenvalue weighted by Gasteiger charge is -2.34. The lowest BCUT2D eigenvalue weighted by molar-refractivity contribution is 0.0644. The summed E-state index contributed by atoms with van der Waals surface area (Å²) in [7, 11) is 0. The monoisotopic (exact) mass is 296 g/mol. The Balaban J connectivity index is 2.27. The number of rotatable bonds is 4. The van der Waals surface area contributed by atoms with Gasteiger partial charge in [0.2, 0.25) is 0 Å². The van der Waals surface area contributed by atoms with Crippen LogP contribution in [0.5, 0.6) is 0 Å². The van der Waals surface area contributed by atoms with Crippen LogP contribution in [0, 0.1) is 18.6 Å². The highest BCUT2D eigenvalue weighted by atomic mass is 19.1. The Hall–Kier alpha value is -1.49. The van der Waals surface area contributed by atoms with Gasteiger partial charge in [-0.15, -0.1) is 0 Å². The molecule has 3 nitrogen and oxygen atoms in total. The van der Waals surface area contributed by atoms with Gasteiger partial charge < -0.3 is 10.2 Å². The number of aryl methyl sites for hydroxylation is 1. The van der Waals surface area contributed by atoms with Gasteiger partial charge in [-0.05, 0) is 44.4 Å². The predicted octanol–water partition coefficient (Wildman–Crippen LogP) is 2.88. The van der Waals surface area contributed by atoms with Gasteiger partial charge in [-0.25, -0.2) is 8.78 Å². The van der Waals surface area contributed by atoms with Crippen LogP contribution in [0.15, 0.2) is 12.1 Å². The first-order chi connectivity index (χ1) is 10.0. The maximum atomic E-state index is 13.9. The van der Waals surface area contributed by atoms with E-state index in [-0.39, 0.29) is 23.1 Å². The van der Waals surface area contributed by atoms with E-state index in [1.807, 2.05) is 6.92 Å². The SMILES string of the molecule is CCCN(C(=O)c1cc(C)c(F)cc1F)C1CCCNC1. The van der Waals surface area contributed by atoms with Crippen molar-refractivity contribution in [2.24, 2.45) is 0 Å². The van der Waals surface area contributed by atoms with Crippen LogP contribution in [-0.2, 0) is 0 Å². The molecule has 1 heterocycles. The van der Waals surface area contributed by atoms with Crippen molar-refractivity contribution in [3.8, 4) is 0 Å². The number of benzene rings is 1. The molecule has 0 spiro atoms. The number of nitrogens with zero attached hydrogens (tertiary/aromatic N) is 1. The number of amides is 1. The summed E-state index contributed by atoms with van der Waals surface area (Å²) in [4.78, 5) is 14.4. The molecule has 1 fully saturated rings. The largest absolute Gasteiger partial charge is 0.334 e. The van der Waals surface area contributed by atoms with Crippen molar-refractivity contribution in [1.29, 1.82) is 0 Å². The molecular formula is C16H22F2N2O. The highest BCUT2D eigenvalue weighted by molar-refractivity contribution is 5.95. The third-order valence-corrected chi connectivity index (χ3v) is 3.92. The van der Waals surface area contributed by atoms with Gasteiger partial charge in [-0.2, -0.15) is 0 Å². The second kappa shape index (κ2) is 6.98. The average molecular weight is 296 g/mol. The van der Waals surface area contributed by atoms with Crippen molar-refractivity contribution in [3.05, 3.63) is 34.9 Å². The highest BCUT2D eigenvalue weighted by Crippen LogP contribution is 2.19. The van der Waals surface area contributed by atoms with Crippen molar-refractivity contribution >= 4 is 5.91 Å². The Morgan fingerprint density at radius 2 is 2.14 bits per heavy atom. The Morgan fingerprint density at radius 1 is 1.38 bits per heavy atom. The zero-order valence-corrected chi connectivity index (χ0v) is 12.6. The van der Waals surface area contributed by atoms with Crippen molar-refractivity contribution in [2.45, 2.75) is 39.2 Å². The zero-order chi connectivity index (χ0) is 15.4. The van der Waals surface area contributed by atoms with Crippen LogP contribution in [0.1, 0.15) is 42.1 Å². The molecule has 21 heavy (non-hydrogen) atoms. The molecule has 0 bridgehead atoms. The first kappa shape index (κ1) is 15.9. The molecule has 1 amide bonds. The lowest BCUT2D eigenvalue weighted by atomic mass is 10.0. The Bertz CT molecular complexity index is 513. The van der Waals surface area contributed by atoms with Gasteiger partial charge in [-0.3, -0.25) is 4.79 Å². The molecule has 1 aliphatic rings. The van der Waals surface area contributed by atoms with Gasteiger partial charge in [0.05, 0.1) is 5.56 Å². The lowest BCUT2D eigenvalue weighted by Crippen LogP contribution is -2.49. The van der Waals surface area contributed by atoms with Gasteiger partial charge in [0.1, 0.15) is 11.6 Å². The van der Waals surface area contributed by atoms with Gasteiger partial charge in [0.15, 0.2) is 0 Å². The molecule has 0 radical (unpaired) electrons. The fourth-order valence-electron chi connectivity index (χ4n) is 2.77. The number of piperidine rings is 1. The highest BCUT2D eigenvalue weighted by Gasteiger charge is 2.27. The van der Waals surface area contributed by atoms with Crippen LogP contribution >= 0.6 is 0 Å². The van der Waals surface area contributed by atoms with Crippen LogP contribution in [0.2, 0.25) is 0 Å². The van der Waals surface area contributed by atoms with E-state index in [0.29, 0.717) is 6.54 Å². The smallest absolute Gasteiger partial charge is 0.257 e. The minimum absolute atomic E-state index is 0.0343. The van der Waals surface area contributed by atoms with Crippen LogP contribution in [-0.4, -0.2) is 36.5 Å². The summed E-state index contributed by atoms with van der Waals surface area (Å²) in [5.74, 6) is -1.75. The van der Waals surface area contributed by atoms with E-state index in [4.69, 9.17) is 0 Å². The molecule has 1 aromatic rings. The minimum atomic E-state index is -0.784. The fourth-order valence-corrected chi connectivity index (χ4v) is 2.77. The standard InChI is InChI=1S/C16H22F2N2O/c1-3-7-20(12-5-4-6-19-10-12)16(21)13-8-11(2)14(17)9-15(13)18/h8-9,12,19H,3-7,10H2,1-2H3. The van der Waals surface area contributed by atoms with Crippen LogP contribution in [0.25, 0.3) is 0 Å². The molecule has 0 saturated carbocycles. The van der Waals surface area contributed by atoms with E-state index in [9.17, 15) is 13.6 Å². The number of halogens is 2. The summed E-state index contributed by atoms with van der Waals surface area (Å²) < 4.78 is 27.3. The van der Waals surface area contributed by atoms with E-state index in [1.165, 1.54) is 13.0 Å². The molecule has 2 rings (SSSR count). The summed E-state index contributed by atoms with van der Waals surface area (Å²) in [6, 6.07) is 2.19. The number of hydrogen-bond donors (Lipinski definition) is 1. The molecule has 0 aliphatic carbocycles. The summed E-state index contributed by atoms with van der Waals surface area (Å²) in [5, 5.41) is 3.27. The first-order valence-electron chi connectivity index (χ1n) is 7.52. The summed E-state index contributed by atoms with van der Waals surface area (Å²) in [6.45, 7) is 5.80. The van der Waals surface area contributed by atoms with Crippen LogP contribution < -0.4 is 5.32 Å². The third kappa shape index (κ3) is 3.59. The zero-order valence-electron chi connectivity index (χ0n) is 12.6. The van der Waals surface area contributed by atoms with Crippen molar-refractivity contribution in [2.75, 3.05) is 19.6 Å². The molecule has 1 saturated heterocycles. The molecule has 0 aromatic heterocycles. The Morgan fingerprint density at radius 3 is 2.76 bits per heavy atom. The predicted molar refractivity (Wildman–Crippen MR) is 78.3 cm³/mol. The quantitative estimate of drug-likeness (QED) is 0.926. The van der Waals surface area contributed by atoms with Gasteiger partial charge in [-0.1, -0.05) is 6.92 Å². The number of nitrogens with one attached hydrogen (secondary N) is 1. The molecule has 1 N–H and O–H groups in total. The molecule has 1 unspecified atom stereocenters. The number of hydrogen-bond acceptors (Lipinski definition) is 2. The minimum Gasteiger partial charge on any atom is -0.334 e. The Kier molecular flexibility index (Phi) is 5.28. The second-order valence-corrected chi connectivity index (χ2v) is 5.58. The maximum absolute atomic E-state index is 13.9. The van der Waals surface area contributed by atoms with Gasteiger partial charge in [0, 0.05) is 25.2 Å². The maximum Gasteiger partial charge on any atom is 0.257 e. The fraction of sp³-hybridized carbons (Fsp3) is 0.562. The van der Waals surface area contributed by atoms with Gasteiger partial charge in [0.25, 0.3) is 5.91 Å². The topological polar surface area (TPSA) is 32.3 Å². The average Bonchev–Trinajstić information content (AvgIpc) is 2.49. The van der Waals surface area contributed by atoms with E-state index in [2.05, 4.69) is 5.32 Å². The second-order valence-electron chi connectivity index (χ2n) is 5.58. The molecule has 1 aromatic carbocycles. The molecule has 1 aliphatic heterocycles. The van der Waals surface area contributed by atoms with Crippen molar-refractivity contribution in [3.63, 3.8) is 0 Å². The summed E-state index contributed by atoms with van der Waals surface area (Å²) in [5.41, 5.74) is 0.255. The normalized spacial score (nSPS) is 18.6. The van der Waals surface area contributed by atoms with E-state index >= 15 is 0 Å². The van der Waals surface area contributed by atoms with Gasteiger partial charge >= 0.3 is 0 Å². The van der Waals surface area contributed by atoms with Crippen LogP contribution in [0.3, 0.4) is 0 Å². The Labute approximate surface area is 124 Å². The van der Waals surface area contributed by atoms with Crippen LogP contribution in [0.4, 0.5) is 8.78 Å². The molecular weight excluding hydrogens is 274 g/mol. The summed E-state index contributed by atoms with van der Waals surface area (Å²) >= 11 is 0. The number of carbonyl (C=O) groups excluding carboxylic acids is 1. The molecule has 116 valence electrons. The third-order valence-electron chi connectivity index (χ3n) is 3.92. The van der Waals surface area contributed by atoms with Crippen molar-refractivity contribution < 1.29 is 13.6 Å². The summed E-state index contributed by atoms with van der Waals surface area (Å²) in [6.07, 6.45) is 2.73. The van der Waals surface area contributed by atoms with E-state index < -0.39 is 11.6 Å². The first-order valence-corrected chi connectivity index (χ1v) is 7.52.